The van der Waals surface area contributed by atoms with Gasteiger partial charge in [0.25, 0.3) is 5.78 Å². The maximum Gasteiger partial charge on any atom is 0.301 e. The number of aromatic nitrogens is 1. The standard InChI is InChI=1S/C26H17ClF2N2O5S/c1-2-36-15-7-8-17(27)16(11-15)23(33)20-22(12-3-5-14(32)6-4-12)31(25(35)24(20)34)26-30-21-18(29)9-13(28)10-19(21)37-26/h3-11,22,32-33H,2H2,1H3/b23-20+. The summed E-state index contributed by atoms with van der Waals surface area (Å²) < 4.78 is 33.8. The Morgan fingerprint density at radius 3 is 2.57 bits per heavy atom. The van der Waals surface area contributed by atoms with E-state index >= 15 is 0 Å². The van der Waals surface area contributed by atoms with Crippen LogP contribution in [0.5, 0.6) is 11.5 Å². The van der Waals surface area contributed by atoms with Crippen molar-refractivity contribution in [1.82, 2.24) is 4.98 Å². The van der Waals surface area contributed by atoms with Gasteiger partial charge in [0.1, 0.15) is 28.6 Å². The van der Waals surface area contributed by atoms with E-state index in [1.807, 2.05) is 0 Å². The molecule has 2 N–H and O–H groups in total. The van der Waals surface area contributed by atoms with Crippen molar-refractivity contribution in [2.75, 3.05) is 11.5 Å². The largest absolute Gasteiger partial charge is 0.508 e. The summed E-state index contributed by atoms with van der Waals surface area (Å²) in [5.74, 6) is -4.03. The van der Waals surface area contributed by atoms with Crippen LogP contribution >= 0.6 is 22.9 Å². The molecule has 5 rings (SSSR count). The maximum absolute atomic E-state index is 14.4. The van der Waals surface area contributed by atoms with Gasteiger partial charge in [0, 0.05) is 11.6 Å². The Morgan fingerprint density at radius 2 is 1.86 bits per heavy atom. The quantitative estimate of drug-likeness (QED) is 0.183. The first-order valence-electron chi connectivity index (χ1n) is 11.0. The highest BCUT2D eigenvalue weighted by atomic mass is 35.5. The molecule has 1 fully saturated rings. The molecule has 1 aliphatic rings. The summed E-state index contributed by atoms with van der Waals surface area (Å²) in [5.41, 5.74) is -0.0503. The van der Waals surface area contributed by atoms with Crippen molar-refractivity contribution < 1.29 is 33.3 Å². The summed E-state index contributed by atoms with van der Waals surface area (Å²) in [6, 6.07) is 10.7. The van der Waals surface area contributed by atoms with Crippen LogP contribution in [0, 0.1) is 11.6 Å². The van der Waals surface area contributed by atoms with Gasteiger partial charge in [-0.2, -0.15) is 0 Å². The average Bonchev–Trinajstić information content (AvgIpc) is 3.39. The Bertz CT molecular complexity index is 1600. The first kappa shape index (κ1) is 24.7. The van der Waals surface area contributed by atoms with E-state index in [1.165, 1.54) is 36.4 Å². The summed E-state index contributed by atoms with van der Waals surface area (Å²) in [4.78, 5) is 31.8. The molecule has 0 saturated carbocycles. The number of thiazole rings is 1. The molecule has 1 aromatic heterocycles. The Balaban J connectivity index is 1.74. The lowest BCUT2D eigenvalue weighted by Crippen LogP contribution is -2.29. The molecule has 0 radical (unpaired) electrons. The zero-order valence-electron chi connectivity index (χ0n) is 19.0. The van der Waals surface area contributed by atoms with Crippen molar-refractivity contribution in [2.45, 2.75) is 13.0 Å². The van der Waals surface area contributed by atoms with Crippen LogP contribution in [0.2, 0.25) is 5.02 Å². The number of phenolic OH excluding ortho intramolecular Hbond substituents is 1. The molecule has 3 aromatic carbocycles. The molecule has 0 spiro atoms. The number of fused-ring (bicyclic) bond motifs is 1. The Labute approximate surface area is 217 Å². The fourth-order valence-electron chi connectivity index (χ4n) is 4.14. The summed E-state index contributed by atoms with van der Waals surface area (Å²) >= 11 is 7.14. The fourth-order valence-corrected chi connectivity index (χ4v) is 5.38. The van der Waals surface area contributed by atoms with Gasteiger partial charge in [0.15, 0.2) is 10.9 Å². The van der Waals surface area contributed by atoms with Crippen LogP contribution in [-0.4, -0.2) is 33.5 Å². The minimum atomic E-state index is -1.21. The molecular weight excluding hydrogens is 526 g/mol. The average molecular weight is 543 g/mol. The number of aliphatic hydroxyl groups is 1. The van der Waals surface area contributed by atoms with E-state index in [0.717, 1.165) is 22.3 Å². The number of ether oxygens (including phenoxy) is 1. The van der Waals surface area contributed by atoms with Gasteiger partial charge in [-0.3, -0.25) is 14.5 Å². The molecule has 1 unspecified atom stereocenters. The molecule has 0 aliphatic carbocycles. The lowest BCUT2D eigenvalue weighted by molar-refractivity contribution is -0.132. The number of aromatic hydroxyl groups is 1. The van der Waals surface area contributed by atoms with E-state index in [1.54, 1.807) is 13.0 Å². The van der Waals surface area contributed by atoms with E-state index in [4.69, 9.17) is 16.3 Å². The van der Waals surface area contributed by atoms with E-state index in [2.05, 4.69) is 4.98 Å². The normalized spacial score (nSPS) is 17.1. The van der Waals surface area contributed by atoms with E-state index in [9.17, 15) is 28.6 Å². The Kier molecular flexibility index (Phi) is 6.30. The van der Waals surface area contributed by atoms with Crippen LogP contribution in [0.15, 0.2) is 60.2 Å². The Hall–Kier alpha value is -4.02. The lowest BCUT2D eigenvalue weighted by Gasteiger charge is -2.23. The number of halogens is 3. The zero-order valence-corrected chi connectivity index (χ0v) is 20.6. The monoisotopic (exact) mass is 542 g/mol. The predicted molar refractivity (Wildman–Crippen MR) is 135 cm³/mol. The lowest BCUT2D eigenvalue weighted by atomic mass is 9.95. The number of carbonyl (C=O) groups excluding carboxylic acids is 2. The number of carbonyl (C=O) groups is 2. The minimum Gasteiger partial charge on any atom is -0.508 e. The van der Waals surface area contributed by atoms with Gasteiger partial charge in [0.2, 0.25) is 0 Å². The molecule has 0 bridgehead atoms. The topological polar surface area (TPSA) is 100.0 Å². The molecule has 37 heavy (non-hydrogen) atoms. The number of hydrogen-bond acceptors (Lipinski definition) is 7. The van der Waals surface area contributed by atoms with E-state index < -0.39 is 35.1 Å². The molecule has 1 amide bonds. The number of hydrogen-bond donors (Lipinski definition) is 2. The summed E-state index contributed by atoms with van der Waals surface area (Å²) in [5, 5.41) is 21.1. The van der Waals surface area contributed by atoms with Gasteiger partial charge in [-0.25, -0.2) is 13.8 Å². The molecule has 1 aliphatic heterocycles. The highest BCUT2D eigenvalue weighted by Gasteiger charge is 2.48. The van der Waals surface area contributed by atoms with E-state index in [-0.39, 0.29) is 37.3 Å². The smallest absolute Gasteiger partial charge is 0.301 e. The first-order valence-corrected chi connectivity index (χ1v) is 12.2. The molecule has 4 aromatic rings. The highest BCUT2D eigenvalue weighted by Crippen LogP contribution is 2.45. The first-order chi connectivity index (χ1) is 17.7. The van der Waals surface area contributed by atoms with Gasteiger partial charge in [-0.05, 0) is 48.9 Å². The predicted octanol–water partition coefficient (Wildman–Crippen LogP) is 5.96. The van der Waals surface area contributed by atoms with Crippen molar-refractivity contribution in [3.63, 3.8) is 0 Å². The second-order valence-corrected chi connectivity index (χ2v) is 9.48. The minimum absolute atomic E-state index is 0.0619. The highest BCUT2D eigenvalue weighted by molar-refractivity contribution is 7.22. The van der Waals surface area contributed by atoms with Crippen LogP contribution in [0.3, 0.4) is 0 Å². The number of Topliss-reactive ketones (excluding diaryl/α,β-unsaturated/α-hetero) is 1. The third kappa shape index (κ3) is 4.28. The van der Waals surface area contributed by atoms with Gasteiger partial charge in [-0.1, -0.05) is 35.1 Å². The summed E-state index contributed by atoms with van der Waals surface area (Å²) in [6.45, 7) is 2.12. The number of aliphatic hydroxyl groups excluding tert-OH is 1. The molecule has 1 saturated heterocycles. The number of benzene rings is 3. The summed E-state index contributed by atoms with van der Waals surface area (Å²) in [7, 11) is 0. The molecule has 1 atom stereocenters. The fraction of sp³-hybridized carbons (Fsp3) is 0.115. The number of phenols is 1. The SMILES string of the molecule is CCOc1ccc(Cl)c(/C(O)=C2\C(=O)C(=O)N(c3nc4c(F)cc(F)cc4s3)C2c2ccc(O)cc2)c1. The van der Waals surface area contributed by atoms with Gasteiger partial charge >= 0.3 is 5.91 Å². The third-order valence-electron chi connectivity index (χ3n) is 5.77. The number of amides is 1. The number of ketones is 1. The van der Waals surface area contributed by atoms with Crippen molar-refractivity contribution in [2.24, 2.45) is 0 Å². The molecule has 2 heterocycles. The van der Waals surface area contributed by atoms with Crippen molar-refractivity contribution in [3.05, 3.63) is 88.0 Å². The second-order valence-electron chi connectivity index (χ2n) is 8.07. The van der Waals surface area contributed by atoms with Crippen molar-refractivity contribution in [3.8, 4) is 11.5 Å². The van der Waals surface area contributed by atoms with Crippen LogP contribution in [-0.2, 0) is 9.59 Å². The molecular formula is C26H17ClF2N2O5S. The van der Waals surface area contributed by atoms with Crippen LogP contribution < -0.4 is 9.64 Å². The number of anilines is 1. The Morgan fingerprint density at radius 1 is 1.14 bits per heavy atom. The number of rotatable bonds is 5. The van der Waals surface area contributed by atoms with Crippen LogP contribution in [0.1, 0.15) is 24.1 Å². The van der Waals surface area contributed by atoms with E-state index in [0.29, 0.717) is 24.0 Å². The van der Waals surface area contributed by atoms with Gasteiger partial charge in [0.05, 0.1) is 27.9 Å². The maximum atomic E-state index is 14.4. The molecule has 188 valence electrons. The van der Waals surface area contributed by atoms with Crippen LogP contribution in [0.4, 0.5) is 13.9 Å². The molecule has 11 heteroatoms. The zero-order chi connectivity index (χ0) is 26.4. The van der Waals surface area contributed by atoms with Crippen LogP contribution in [0.25, 0.3) is 16.0 Å². The van der Waals surface area contributed by atoms with Crippen molar-refractivity contribution in [1.29, 1.82) is 0 Å². The molecule has 7 nitrogen and oxygen atoms in total. The summed E-state index contributed by atoms with van der Waals surface area (Å²) in [6.07, 6.45) is 0. The number of nitrogens with zero attached hydrogens (tertiary/aromatic N) is 2. The van der Waals surface area contributed by atoms with Gasteiger partial charge < -0.3 is 14.9 Å². The third-order valence-corrected chi connectivity index (χ3v) is 7.10. The van der Waals surface area contributed by atoms with Crippen molar-refractivity contribution >= 4 is 55.7 Å². The second kappa shape index (κ2) is 9.45. The van der Waals surface area contributed by atoms with Gasteiger partial charge in [-0.15, -0.1) is 0 Å².